The number of nitrogens with one attached hydrogen (secondary N) is 1. The number of urea groups is 1. The number of rotatable bonds is 3. The van der Waals surface area contributed by atoms with Crippen molar-refractivity contribution in [3.63, 3.8) is 0 Å². The minimum atomic E-state index is -0.0405. The van der Waals surface area contributed by atoms with Gasteiger partial charge in [0.2, 0.25) is 0 Å². The normalized spacial score (nSPS) is 21.8. The zero-order chi connectivity index (χ0) is 18.5. The number of nitrogens with zero attached hydrogens (tertiary/aromatic N) is 1. The predicted molar refractivity (Wildman–Crippen MR) is 108 cm³/mol. The quantitative estimate of drug-likeness (QED) is 0.856. The van der Waals surface area contributed by atoms with Gasteiger partial charge in [-0.3, -0.25) is 0 Å². The molecule has 2 amide bonds. The first-order chi connectivity index (χ1) is 13.2. The van der Waals surface area contributed by atoms with E-state index >= 15 is 0 Å². The van der Waals surface area contributed by atoms with E-state index in [1.54, 1.807) is 0 Å². The third kappa shape index (κ3) is 4.51. The molecule has 2 aromatic carbocycles. The Hall–Kier alpha value is -2.33. The highest BCUT2D eigenvalue weighted by atomic mass is 16.5. The SMILES string of the molecule is O=C(Nc1ccccc1)N1CCC2(CC1)CC(Cc1ccccc1)CCO2. The smallest absolute Gasteiger partial charge is 0.321 e. The molecule has 4 rings (SSSR count). The van der Waals surface area contributed by atoms with E-state index < -0.39 is 0 Å². The zero-order valence-electron chi connectivity index (χ0n) is 15.8. The molecule has 0 aliphatic carbocycles. The molecule has 2 saturated heterocycles. The number of amides is 2. The van der Waals surface area contributed by atoms with Crippen LogP contribution in [0.25, 0.3) is 0 Å². The highest BCUT2D eigenvalue weighted by Crippen LogP contribution is 2.38. The first kappa shape index (κ1) is 18.1. The predicted octanol–water partition coefficient (Wildman–Crippen LogP) is 4.72. The summed E-state index contributed by atoms with van der Waals surface area (Å²) in [6.07, 6.45) is 5.23. The van der Waals surface area contributed by atoms with Crippen molar-refractivity contribution in [2.24, 2.45) is 5.92 Å². The summed E-state index contributed by atoms with van der Waals surface area (Å²) in [5.41, 5.74) is 2.22. The second-order valence-corrected chi connectivity index (χ2v) is 7.86. The molecule has 0 radical (unpaired) electrons. The summed E-state index contributed by atoms with van der Waals surface area (Å²) in [5.74, 6) is 0.672. The molecule has 2 aromatic rings. The van der Waals surface area contributed by atoms with Crippen LogP contribution in [0.2, 0.25) is 0 Å². The average molecular weight is 364 g/mol. The van der Waals surface area contributed by atoms with E-state index in [2.05, 4.69) is 35.6 Å². The molecule has 27 heavy (non-hydrogen) atoms. The number of hydrogen-bond acceptors (Lipinski definition) is 2. The first-order valence-electron chi connectivity index (χ1n) is 10.0. The second-order valence-electron chi connectivity index (χ2n) is 7.86. The highest BCUT2D eigenvalue weighted by molar-refractivity contribution is 5.89. The van der Waals surface area contributed by atoms with Crippen LogP contribution in [0.1, 0.15) is 31.2 Å². The number of carbonyl (C=O) groups is 1. The largest absolute Gasteiger partial charge is 0.375 e. The number of ether oxygens (including phenoxy) is 1. The number of likely N-dealkylation sites (tertiary alicyclic amines) is 1. The number of hydrogen-bond donors (Lipinski definition) is 1. The molecule has 0 bridgehead atoms. The lowest BCUT2D eigenvalue weighted by molar-refractivity contribution is -0.122. The summed E-state index contributed by atoms with van der Waals surface area (Å²) in [6.45, 7) is 2.36. The van der Waals surface area contributed by atoms with Crippen LogP contribution in [0.3, 0.4) is 0 Å². The van der Waals surface area contributed by atoms with Crippen LogP contribution in [0.4, 0.5) is 10.5 Å². The summed E-state index contributed by atoms with van der Waals surface area (Å²) >= 11 is 0. The maximum absolute atomic E-state index is 12.5. The maximum Gasteiger partial charge on any atom is 0.321 e. The summed E-state index contributed by atoms with van der Waals surface area (Å²) in [5, 5.41) is 2.99. The van der Waals surface area contributed by atoms with Crippen LogP contribution < -0.4 is 5.32 Å². The molecule has 0 aromatic heterocycles. The highest BCUT2D eigenvalue weighted by Gasteiger charge is 2.41. The number of carbonyl (C=O) groups excluding carboxylic acids is 1. The molecule has 2 fully saturated rings. The van der Waals surface area contributed by atoms with E-state index in [9.17, 15) is 4.79 Å². The molecule has 142 valence electrons. The Bertz CT molecular complexity index is 739. The molecule has 4 heteroatoms. The maximum atomic E-state index is 12.5. The number of anilines is 1. The summed E-state index contributed by atoms with van der Waals surface area (Å²) < 4.78 is 6.26. The Labute approximate surface area is 161 Å². The number of benzene rings is 2. The van der Waals surface area contributed by atoms with Gasteiger partial charge in [-0.15, -0.1) is 0 Å². The van der Waals surface area contributed by atoms with Crippen molar-refractivity contribution in [1.29, 1.82) is 0 Å². The zero-order valence-corrected chi connectivity index (χ0v) is 15.8. The lowest BCUT2D eigenvalue weighted by Crippen LogP contribution is -2.51. The van der Waals surface area contributed by atoms with Crippen molar-refractivity contribution < 1.29 is 9.53 Å². The summed E-state index contributed by atoms with van der Waals surface area (Å²) in [4.78, 5) is 14.4. The van der Waals surface area contributed by atoms with Gasteiger partial charge in [-0.25, -0.2) is 4.79 Å². The standard InChI is InChI=1S/C23H28N2O2/c26-22(24-21-9-5-2-6-10-21)25-14-12-23(13-15-25)18-20(11-16-27-23)17-19-7-3-1-4-8-19/h1-10,20H,11-18H2,(H,24,26). The van der Waals surface area contributed by atoms with Crippen molar-refractivity contribution >= 4 is 11.7 Å². The van der Waals surface area contributed by atoms with Crippen molar-refractivity contribution in [2.45, 2.75) is 37.7 Å². The van der Waals surface area contributed by atoms with Gasteiger partial charge < -0.3 is 15.0 Å². The van der Waals surface area contributed by atoms with E-state index in [0.717, 1.165) is 57.5 Å². The van der Waals surface area contributed by atoms with Crippen molar-refractivity contribution in [1.82, 2.24) is 4.90 Å². The molecule has 1 N–H and O–H groups in total. The van der Waals surface area contributed by atoms with Gasteiger partial charge in [-0.2, -0.15) is 0 Å². The molecule has 1 atom stereocenters. The van der Waals surface area contributed by atoms with E-state index in [0.29, 0.717) is 5.92 Å². The Morgan fingerprint density at radius 3 is 2.41 bits per heavy atom. The minimum absolute atomic E-state index is 0.00676. The molecule has 4 nitrogen and oxygen atoms in total. The van der Waals surface area contributed by atoms with E-state index in [1.807, 2.05) is 35.2 Å². The third-order valence-corrected chi connectivity index (χ3v) is 5.95. The van der Waals surface area contributed by atoms with E-state index in [4.69, 9.17) is 4.74 Å². The fourth-order valence-corrected chi connectivity index (χ4v) is 4.44. The Kier molecular flexibility index (Phi) is 5.44. The third-order valence-electron chi connectivity index (χ3n) is 5.95. The van der Waals surface area contributed by atoms with Crippen LogP contribution in [0, 0.1) is 5.92 Å². The number of piperidine rings is 1. The lowest BCUT2D eigenvalue weighted by atomic mass is 9.77. The molecule has 2 heterocycles. The average Bonchev–Trinajstić information content (AvgIpc) is 2.70. The molecular weight excluding hydrogens is 336 g/mol. The van der Waals surface area contributed by atoms with Gasteiger partial charge in [-0.1, -0.05) is 48.5 Å². The molecule has 2 aliphatic rings. The topological polar surface area (TPSA) is 41.6 Å². The molecular formula is C23H28N2O2. The summed E-state index contributed by atoms with van der Waals surface area (Å²) in [7, 11) is 0. The van der Waals surface area contributed by atoms with Gasteiger partial charge in [0, 0.05) is 25.4 Å². The van der Waals surface area contributed by atoms with Gasteiger partial charge in [0.05, 0.1) is 5.60 Å². The van der Waals surface area contributed by atoms with Crippen molar-refractivity contribution in [2.75, 3.05) is 25.0 Å². The number of para-hydroxylation sites is 1. The van der Waals surface area contributed by atoms with E-state index in [-0.39, 0.29) is 11.6 Å². The molecule has 2 aliphatic heterocycles. The van der Waals surface area contributed by atoms with Crippen LogP contribution in [0.5, 0.6) is 0 Å². The van der Waals surface area contributed by atoms with E-state index in [1.165, 1.54) is 5.56 Å². The van der Waals surface area contributed by atoms with Crippen LogP contribution in [-0.4, -0.2) is 36.2 Å². The fraction of sp³-hybridized carbons (Fsp3) is 0.435. The van der Waals surface area contributed by atoms with Crippen LogP contribution >= 0.6 is 0 Å². The summed E-state index contributed by atoms with van der Waals surface area (Å²) in [6, 6.07) is 20.4. The van der Waals surface area contributed by atoms with Crippen molar-refractivity contribution in [3.05, 3.63) is 66.2 Å². The fourth-order valence-electron chi connectivity index (χ4n) is 4.44. The Morgan fingerprint density at radius 2 is 1.70 bits per heavy atom. The minimum Gasteiger partial charge on any atom is -0.375 e. The van der Waals surface area contributed by atoms with Gasteiger partial charge in [0.1, 0.15) is 0 Å². The van der Waals surface area contributed by atoms with Gasteiger partial charge in [0.25, 0.3) is 0 Å². The van der Waals surface area contributed by atoms with Crippen LogP contribution in [0.15, 0.2) is 60.7 Å². The van der Waals surface area contributed by atoms with Crippen LogP contribution in [-0.2, 0) is 11.2 Å². The second kappa shape index (κ2) is 8.13. The molecule has 1 spiro atoms. The van der Waals surface area contributed by atoms with Gasteiger partial charge in [0.15, 0.2) is 0 Å². The Balaban J connectivity index is 1.31. The molecule has 0 saturated carbocycles. The van der Waals surface area contributed by atoms with Gasteiger partial charge in [-0.05, 0) is 55.7 Å². The first-order valence-corrected chi connectivity index (χ1v) is 10.0. The lowest BCUT2D eigenvalue weighted by Gasteiger charge is -2.46. The monoisotopic (exact) mass is 364 g/mol. The van der Waals surface area contributed by atoms with Gasteiger partial charge >= 0.3 is 6.03 Å². The molecule has 1 unspecified atom stereocenters. The van der Waals surface area contributed by atoms with Crippen molar-refractivity contribution in [3.8, 4) is 0 Å². The Morgan fingerprint density at radius 1 is 1.04 bits per heavy atom.